The fourth-order valence-corrected chi connectivity index (χ4v) is 0.630. The minimum absolute atomic E-state index is 0.882. The third-order valence-corrected chi connectivity index (χ3v) is 1.11. The van der Waals surface area contributed by atoms with E-state index in [9.17, 15) is 0 Å². The Kier molecular flexibility index (Phi) is 1.39. The highest BCUT2D eigenvalue weighted by Crippen LogP contribution is 2.04. The minimum Gasteiger partial charge on any atom is -0.342 e. The van der Waals surface area contributed by atoms with Gasteiger partial charge in [0.25, 0.3) is 0 Å². The van der Waals surface area contributed by atoms with Crippen molar-refractivity contribution in [3.8, 4) is 0 Å². The van der Waals surface area contributed by atoms with E-state index < -0.39 is 0 Å². The van der Waals surface area contributed by atoms with Crippen molar-refractivity contribution in [2.24, 2.45) is 0 Å². The van der Waals surface area contributed by atoms with Crippen molar-refractivity contribution in [1.82, 2.24) is 9.97 Å². The molecule has 0 aliphatic carbocycles. The molecule has 48 valence electrons. The van der Waals surface area contributed by atoms with Crippen LogP contribution in [0.4, 0.5) is 0 Å². The number of aryl methyl sites for hydroxylation is 1. The molecule has 0 spiro atoms. The molecule has 0 aliphatic rings. The molecule has 1 aromatic rings. The van der Waals surface area contributed by atoms with E-state index in [-0.39, 0.29) is 0 Å². The van der Waals surface area contributed by atoms with Gasteiger partial charge in [-0.25, -0.2) is 4.98 Å². The van der Waals surface area contributed by atoms with Crippen molar-refractivity contribution in [3.63, 3.8) is 0 Å². The van der Waals surface area contributed by atoms with Crippen molar-refractivity contribution in [2.45, 2.75) is 13.8 Å². The number of aromatic amines is 1. The highest BCUT2D eigenvalue weighted by molar-refractivity contribution is 5.54. The minimum atomic E-state index is 0.882. The van der Waals surface area contributed by atoms with Crippen LogP contribution >= 0.6 is 0 Å². The Bertz CT molecular complexity index is 223. The molecule has 1 N–H and O–H groups in total. The van der Waals surface area contributed by atoms with Gasteiger partial charge in [-0.05, 0) is 19.4 Å². The Balaban J connectivity index is 2.98. The molecule has 0 atom stereocenters. The van der Waals surface area contributed by atoms with Crippen molar-refractivity contribution < 1.29 is 0 Å². The van der Waals surface area contributed by atoms with Gasteiger partial charge in [-0.15, -0.1) is 0 Å². The first-order chi connectivity index (χ1) is 4.20. The Morgan fingerprint density at radius 2 is 2.44 bits per heavy atom. The normalized spacial score (nSPS) is 9.56. The lowest BCUT2D eigenvalue weighted by Gasteiger charge is -1.88. The summed E-state index contributed by atoms with van der Waals surface area (Å²) in [5.41, 5.74) is 2.05. The van der Waals surface area contributed by atoms with Crippen molar-refractivity contribution in [3.05, 3.63) is 24.3 Å². The van der Waals surface area contributed by atoms with Crippen LogP contribution in [0.25, 0.3) is 5.57 Å². The number of hydrogen-bond acceptors (Lipinski definition) is 1. The lowest BCUT2D eigenvalue weighted by atomic mass is 10.3. The number of hydrogen-bond donors (Lipinski definition) is 1. The smallest absolute Gasteiger partial charge is 0.132 e. The number of H-pyrrole nitrogens is 1. The van der Waals surface area contributed by atoms with Crippen molar-refractivity contribution in [2.75, 3.05) is 0 Å². The van der Waals surface area contributed by atoms with Crippen LogP contribution in [0.15, 0.2) is 12.8 Å². The van der Waals surface area contributed by atoms with Crippen LogP contribution in [0.5, 0.6) is 0 Å². The second-order valence-electron chi connectivity index (χ2n) is 2.20. The zero-order valence-corrected chi connectivity index (χ0v) is 5.73. The van der Waals surface area contributed by atoms with Gasteiger partial charge in [0.2, 0.25) is 0 Å². The zero-order valence-electron chi connectivity index (χ0n) is 5.73. The molecule has 9 heavy (non-hydrogen) atoms. The maximum atomic E-state index is 4.06. The summed E-state index contributed by atoms with van der Waals surface area (Å²) in [6, 6.07) is 0. The van der Waals surface area contributed by atoms with E-state index in [0.29, 0.717) is 0 Å². The third-order valence-electron chi connectivity index (χ3n) is 1.11. The summed E-state index contributed by atoms with van der Waals surface area (Å²) in [7, 11) is 0. The molecule has 1 heterocycles. The van der Waals surface area contributed by atoms with Gasteiger partial charge in [-0.3, -0.25) is 0 Å². The lowest BCUT2D eigenvalue weighted by Crippen LogP contribution is -1.79. The lowest BCUT2D eigenvalue weighted by molar-refractivity contribution is 1.20. The molecule has 0 aliphatic heterocycles. The molecule has 0 amide bonds. The van der Waals surface area contributed by atoms with Crippen LogP contribution in [0.1, 0.15) is 18.4 Å². The molecule has 0 unspecified atom stereocenters. The van der Waals surface area contributed by atoms with Gasteiger partial charge in [0.05, 0.1) is 0 Å². The second kappa shape index (κ2) is 2.05. The standard InChI is InChI=1S/C7H10N2/c1-5(2)7-8-4-6(3)9-7/h4H,1H2,2-3H3,(H,8,9). The molecule has 0 fully saturated rings. The zero-order chi connectivity index (χ0) is 6.85. The molecule has 0 aromatic carbocycles. The topological polar surface area (TPSA) is 28.7 Å². The summed E-state index contributed by atoms with van der Waals surface area (Å²) in [5.74, 6) is 0.882. The first-order valence-corrected chi connectivity index (χ1v) is 2.87. The monoisotopic (exact) mass is 122 g/mol. The fraction of sp³-hybridized carbons (Fsp3) is 0.286. The second-order valence-corrected chi connectivity index (χ2v) is 2.20. The van der Waals surface area contributed by atoms with E-state index >= 15 is 0 Å². The molecule has 1 aromatic heterocycles. The molecule has 2 nitrogen and oxygen atoms in total. The highest BCUT2D eigenvalue weighted by atomic mass is 14.9. The van der Waals surface area contributed by atoms with Gasteiger partial charge in [-0.2, -0.15) is 0 Å². The summed E-state index contributed by atoms with van der Waals surface area (Å²) < 4.78 is 0. The Labute approximate surface area is 54.6 Å². The number of rotatable bonds is 1. The van der Waals surface area contributed by atoms with E-state index in [1.807, 2.05) is 13.8 Å². The number of nitrogens with zero attached hydrogens (tertiary/aromatic N) is 1. The van der Waals surface area contributed by atoms with Gasteiger partial charge in [0.15, 0.2) is 0 Å². The molecule has 0 saturated carbocycles. The number of allylic oxidation sites excluding steroid dienone is 1. The fourth-order valence-electron chi connectivity index (χ4n) is 0.630. The van der Waals surface area contributed by atoms with E-state index in [0.717, 1.165) is 17.1 Å². The first kappa shape index (κ1) is 6.08. The van der Waals surface area contributed by atoms with Gasteiger partial charge < -0.3 is 4.98 Å². The number of imidazole rings is 1. The molecule has 2 heteroatoms. The summed E-state index contributed by atoms with van der Waals surface area (Å²) in [6.07, 6.45) is 1.80. The van der Waals surface area contributed by atoms with Crippen molar-refractivity contribution >= 4 is 5.57 Å². The molecule has 0 saturated heterocycles. The Morgan fingerprint density at radius 3 is 2.67 bits per heavy atom. The summed E-state index contributed by atoms with van der Waals surface area (Å²) in [6.45, 7) is 7.65. The molecular weight excluding hydrogens is 112 g/mol. The molecule has 0 bridgehead atoms. The van der Waals surface area contributed by atoms with Gasteiger partial charge >= 0.3 is 0 Å². The first-order valence-electron chi connectivity index (χ1n) is 2.87. The number of nitrogens with one attached hydrogen (secondary N) is 1. The van der Waals surface area contributed by atoms with Crippen LogP contribution in [0.2, 0.25) is 0 Å². The molecule has 0 radical (unpaired) electrons. The predicted octanol–water partition coefficient (Wildman–Crippen LogP) is 1.75. The van der Waals surface area contributed by atoms with E-state index in [1.165, 1.54) is 0 Å². The van der Waals surface area contributed by atoms with Crippen LogP contribution in [-0.2, 0) is 0 Å². The van der Waals surface area contributed by atoms with Crippen LogP contribution in [0, 0.1) is 6.92 Å². The summed E-state index contributed by atoms with van der Waals surface area (Å²) in [4.78, 5) is 7.12. The van der Waals surface area contributed by atoms with Gasteiger partial charge in [0.1, 0.15) is 5.82 Å². The molecular formula is C7H10N2. The quantitative estimate of drug-likeness (QED) is 0.604. The average Bonchev–Trinajstić information content (AvgIpc) is 2.14. The SMILES string of the molecule is C=C(C)c1ncc(C)[nH]1. The van der Waals surface area contributed by atoms with Gasteiger partial charge in [-0.1, -0.05) is 6.58 Å². The maximum absolute atomic E-state index is 4.06. The summed E-state index contributed by atoms with van der Waals surface area (Å²) >= 11 is 0. The average molecular weight is 122 g/mol. The van der Waals surface area contributed by atoms with E-state index in [1.54, 1.807) is 6.20 Å². The largest absolute Gasteiger partial charge is 0.342 e. The van der Waals surface area contributed by atoms with Crippen LogP contribution < -0.4 is 0 Å². The Hall–Kier alpha value is -1.05. The summed E-state index contributed by atoms with van der Waals surface area (Å²) in [5, 5.41) is 0. The highest BCUT2D eigenvalue weighted by Gasteiger charge is 1.94. The molecule has 1 rings (SSSR count). The van der Waals surface area contributed by atoms with E-state index in [4.69, 9.17) is 0 Å². The van der Waals surface area contributed by atoms with Gasteiger partial charge in [0, 0.05) is 11.9 Å². The van der Waals surface area contributed by atoms with Crippen LogP contribution in [-0.4, -0.2) is 9.97 Å². The predicted molar refractivity (Wildman–Crippen MR) is 38.0 cm³/mol. The van der Waals surface area contributed by atoms with Crippen LogP contribution in [0.3, 0.4) is 0 Å². The van der Waals surface area contributed by atoms with Crippen molar-refractivity contribution in [1.29, 1.82) is 0 Å². The number of aromatic nitrogens is 2. The third kappa shape index (κ3) is 1.19. The Morgan fingerprint density at radius 1 is 1.78 bits per heavy atom. The maximum Gasteiger partial charge on any atom is 0.132 e. The van der Waals surface area contributed by atoms with E-state index in [2.05, 4.69) is 16.5 Å².